The highest BCUT2D eigenvalue weighted by Crippen LogP contribution is 2.23. The van der Waals surface area contributed by atoms with Gasteiger partial charge in [-0.2, -0.15) is 0 Å². The van der Waals surface area contributed by atoms with Crippen molar-refractivity contribution in [1.29, 1.82) is 0 Å². The summed E-state index contributed by atoms with van der Waals surface area (Å²) in [5.41, 5.74) is 3.24. The highest BCUT2D eigenvalue weighted by Gasteiger charge is 2.21. The molecule has 0 saturated heterocycles. The maximum absolute atomic E-state index is 10.9. The third kappa shape index (κ3) is 3.43. The molecule has 0 unspecified atom stereocenters. The molecule has 3 nitrogen and oxygen atoms in total. The summed E-state index contributed by atoms with van der Waals surface area (Å²) in [6.07, 6.45) is 0.942. The normalized spacial score (nSPS) is 12.2. The maximum Gasteiger partial charge on any atom is 0.151 e. The first-order chi connectivity index (χ1) is 7.76. The van der Waals surface area contributed by atoms with Gasteiger partial charge in [0.15, 0.2) is 6.29 Å². The van der Waals surface area contributed by atoms with Crippen molar-refractivity contribution in [2.24, 2.45) is 5.41 Å². The van der Waals surface area contributed by atoms with Crippen molar-refractivity contribution in [2.75, 3.05) is 20.6 Å². The second kappa shape index (κ2) is 5.05. The molecule has 96 valence electrons. The number of aromatic nitrogens is 1. The Bertz CT molecular complexity index is 403. The zero-order valence-electron chi connectivity index (χ0n) is 11.9. The van der Waals surface area contributed by atoms with Gasteiger partial charge in [0.1, 0.15) is 0 Å². The van der Waals surface area contributed by atoms with Crippen LogP contribution in [0.1, 0.15) is 35.6 Å². The van der Waals surface area contributed by atoms with E-state index in [9.17, 15) is 4.79 Å². The molecule has 1 rings (SSSR count). The Morgan fingerprint density at radius 3 is 2.35 bits per heavy atom. The van der Waals surface area contributed by atoms with E-state index in [1.165, 1.54) is 0 Å². The molecule has 0 aliphatic rings. The van der Waals surface area contributed by atoms with Crippen molar-refractivity contribution >= 4 is 6.29 Å². The number of rotatable bonds is 5. The largest absolute Gasteiger partial charge is 0.348 e. The van der Waals surface area contributed by atoms with Gasteiger partial charge in [0.2, 0.25) is 0 Å². The molecule has 0 spiro atoms. The van der Waals surface area contributed by atoms with Gasteiger partial charge in [0.05, 0.1) is 0 Å². The zero-order valence-corrected chi connectivity index (χ0v) is 11.9. The number of aryl methyl sites for hydroxylation is 1. The van der Waals surface area contributed by atoms with Gasteiger partial charge in [-0.15, -0.1) is 0 Å². The van der Waals surface area contributed by atoms with E-state index in [0.717, 1.165) is 36.3 Å². The van der Waals surface area contributed by atoms with Crippen LogP contribution in [0.15, 0.2) is 6.07 Å². The summed E-state index contributed by atoms with van der Waals surface area (Å²) in [7, 11) is 4.18. The van der Waals surface area contributed by atoms with E-state index < -0.39 is 0 Å². The maximum atomic E-state index is 10.9. The van der Waals surface area contributed by atoms with Crippen LogP contribution in [0.4, 0.5) is 0 Å². The molecular formula is C14H24N2O. The van der Waals surface area contributed by atoms with Gasteiger partial charge in [0, 0.05) is 30.0 Å². The Labute approximate surface area is 104 Å². The summed E-state index contributed by atoms with van der Waals surface area (Å²) in [5.74, 6) is 0. The first-order valence-corrected chi connectivity index (χ1v) is 6.03. The fourth-order valence-electron chi connectivity index (χ4n) is 2.52. The predicted molar refractivity (Wildman–Crippen MR) is 71.6 cm³/mol. The van der Waals surface area contributed by atoms with E-state index in [4.69, 9.17) is 0 Å². The van der Waals surface area contributed by atoms with Crippen molar-refractivity contribution < 1.29 is 4.79 Å². The quantitative estimate of drug-likeness (QED) is 0.734. The number of carbonyl (C=O) groups is 1. The van der Waals surface area contributed by atoms with Gasteiger partial charge >= 0.3 is 0 Å². The number of carbonyl (C=O) groups excluding carboxylic acids is 1. The average Bonchev–Trinajstić information content (AvgIpc) is 2.42. The molecule has 0 atom stereocenters. The lowest BCUT2D eigenvalue weighted by molar-refractivity contribution is 0.112. The molecule has 0 N–H and O–H groups in total. The minimum atomic E-state index is 0.193. The fourth-order valence-corrected chi connectivity index (χ4v) is 2.52. The molecule has 0 aromatic carbocycles. The molecule has 0 radical (unpaired) electrons. The Morgan fingerprint density at radius 1 is 1.35 bits per heavy atom. The van der Waals surface area contributed by atoms with Crippen LogP contribution < -0.4 is 0 Å². The van der Waals surface area contributed by atoms with Crippen LogP contribution in [-0.4, -0.2) is 36.4 Å². The van der Waals surface area contributed by atoms with E-state index in [-0.39, 0.29) is 5.41 Å². The van der Waals surface area contributed by atoms with Crippen molar-refractivity contribution in [2.45, 2.75) is 34.2 Å². The molecule has 0 bridgehead atoms. The van der Waals surface area contributed by atoms with Crippen LogP contribution in [0.2, 0.25) is 0 Å². The monoisotopic (exact) mass is 236 g/mol. The lowest BCUT2D eigenvalue weighted by atomic mass is 9.92. The molecule has 0 amide bonds. The SMILES string of the molecule is Cc1cc(C=O)c(C)n1CC(C)(C)CN(C)C. The standard InChI is InChI=1S/C14H24N2O/c1-11-7-13(8-17)12(2)16(11)10-14(3,4)9-15(5)6/h7-8H,9-10H2,1-6H3. The minimum absolute atomic E-state index is 0.193. The molecule has 0 aliphatic heterocycles. The van der Waals surface area contributed by atoms with E-state index in [1.54, 1.807) is 0 Å². The molecule has 1 aromatic rings. The highest BCUT2D eigenvalue weighted by atomic mass is 16.1. The van der Waals surface area contributed by atoms with Gasteiger partial charge in [-0.1, -0.05) is 13.8 Å². The van der Waals surface area contributed by atoms with E-state index >= 15 is 0 Å². The molecule has 0 aliphatic carbocycles. The van der Waals surface area contributed by atoms with Gasteiger partial charge in [-0.3, -0.25) is 4.79 Å². The van der Waals surface area contributed by atoms with E-state index in [0.29, 0.717) is 0 Å². The molecule has 0 fully saturated rings. The summed E-state index contributed by atoms with van der Waals surface area (Å²) in [6.45, 7) is 10.6. The molecule has 17 heavy (non-hydrogen) atoms. The lowest BCUT2D eigenvalue weighted by Gasteiger charge is -2.30. The number of nitrogens with zero attached hydrogens (tertiary/aromatic N) is 2. The minimum Gasteiger partial charge on any atom is -0.348 e. The van der Waals surface area contributed by atoms with Crippen molar-refractivity contribution in [3.63, 3.8) is 0 Å². The summed E-state index contributed by atoms with van der Waals surface area (Å²) >= 11 is 0. The predicted octanol–water partition coefficient (Wildman–Crippen LogP) is 2.51. The van der Waals surface area contributed by atoms with Crippen molar-refractivity contribution in [3.8, 4) is 0 Å². The van der Waals surface area contributed by atoms with Gasteiger partial charge in [-0.05, 0) is 39.4 Å². The number of aldehydes is 1. The van der Waals surface area contributed by atoms with E-state index in [1.807, 2.05) is 13.0 Å². The molecule has 0 saturated carbocycles. The van der Waals surface area contributed by atoms with E-state index in [2.05, 4.69) is 44.3 Å². The second-order valence-electron chi connectivity index (χ2n) is 5.93. The number of hydrogen-bond donors (Lipinski definition) is 0. The first kappa shape index (κ1) is 14.0. The zero-order chi connectivity index (χ0) is 13.2. The summed E-state index contributed by atoms with van der Waals surface area (Å²) < 4.78 is 2.24. The van der Waals surface area contributed by atoms with Crippen LogP contribution in [0, 0.1) is 19.3 Å². The third-order valence-corrected chi connectivity index (χ3v) is 3.07. The second-order valence-corrected chi connectivity index (χ2v) is 5.93. The first-order valence-electron chi connectivity index (χ1n) is 6.03. The summed E-state index contributed by atoms with van der Waals surface area (Å²) in [4.78, 5) is 13.1. The molecular weight excluding hydrogens is 212 g/mol. The number of hydrogen-bond acceptors (Lipinski definition) is 2. The Morgan fingerprint density at radius 2 is 1.94 bits per heavy atom. The van der Waals surface area contributed by atoms with Gasteiger partial charge in [-0.25, -0.2) is 0 Å². The van der Waals surface area contributed by atoms with Crippen molar-refractivity contribution in [3.05, 3.63) is 23.0 Å². The van der Waals surface area contributed by atoms with Crippen LogP contribution in [0.25, 0.3) is 0 Å². The average molecular weight is 236 g/mol. The third-order valence-electron chi connectivity index (χ3n) is 3.07. The Hall–Kier alpha value is -1.09. The van der Waals surface area contributed by atoms with Gasteiger partial charge < -0.3 is 9.47 Å². The van der Waals surface area contributed by atoms with Gasteiger partial charge in [0.25, 0.3) is 0 Å². The Balaban J connectivity index is 2.95. The Kier molecular flexibility index (Phi) is 4.15. The summed E-state index contributed by atoms with van der Waals surface area (Å²) in [5, 5.41) is 0. The van der Waals surface area contributed by atoms with Crippen LogP contribution in [0.3, 0.4) is 0 Å². The molecule has 3 heteroatoms. The van der Waals surface area contributed by atoms with Crippen LogP contribution in [0.5, 0.6) is 0 Å². The molecule has 1 aromatic heterocycles. The van der Waals surface area contributed by atoms with Crippen LogP contribution >= 0.6 is 0 Å². The summed E-state index contributed by atoms with van der Waals surface area (Å²) in [6, 6.07) is 1.97. The van der Waals surface area contributed by atoms with Crippen LogP contribution in [-0.2, 0) is 6.54 Å². The van der Waals surface area contributed by atoms with Crippen molar-refractivity contribution in [1.82, 2.24) is 9.47 Å². The topological polar surface area (TPSA) is 25.2 Å². The smallest absolute Gasteiger partial charge is 0.151 e. The fraction of sp³-hybridized carbons (Fsp3) is 0.643. The highest BCUT2D eigenvalue weighted by molar-refractivity contribution is 5.77. The molecule has 1 heterocycles. The lowest BCUT2D eigenvalue weighted by Crippen LogP contribution is -2.32.